The molecule has 27 heavy (non-hydrogen) atoms. The molecule has 5 nitrogen and oxygen atoms in total. The number of ether oxygens (including phenoxy) is 1. The van der Waals surface area contributed by atoms with Crippen molar-refractivity contribution in [3.63, 3.8) is 0 Å². The summed E-state index contributed by atoms with van der Waals surface area (Å²) in [6.07, 6.45) is 0.956. The standard InChI is InChI=1S/C22H23NO4/c1-14-7-8-18-17(9-14)10-19(27-18)23(2)21(26)22(13-20(24)25)11-15-5-3-4-6-16(15)12-22/h3-9,19H,10-13H2,1-2H3,(H,24,25). The number of carboxylic acids is 1. The third kappa shape index (κ3) is 3.07. The predicted octanol–water partition coefficient (Wildman–Crippen LogP) is 2.97. The molecule has 1 N–H and O–H groups in total. The minimum absolute atomic E-state index is 0.157. The van der Waals surface area contributed by atoms with Crippen LogP contribution in [0.1, 0.15) is 28.7 Å². The summed E-state index contributed by atoms with van der Waals surface area (Å²) in [5.74, 6) is -0.307. The lowest BCUT2D eigenvalue weighted by atomic mass is 9.79. The van der Waals surface area contributed by atoms with Gasteiger partial charge >= 0.3 is 5.97 Å². The third-order valence-corrected chi connectivity index (χ3v) is 5.75. The average molecular weight is 365 g/mol. The van der Waals surface area contributed by atoms with E-state index in [-0.39, 0.29) is 12.3 Å². The van der Waals surface area contributed by atoms with Crippen molar-refractivity contribution >= 4 is 11.9 Å². The number of fused-ring (bicyclic) bond motifs is 2. The van der Waals surface area contributed by atoms with Crippen molar-refractivity contribution < 1.29 is 19.4 Å². The van der Waals surface area contributed by atoms with Gasteiger partial charge in [0.25, 0.3) is 0 Å². The number of hydrogen-bond donors (Lipinski definition) is 1. The quantitative estimate of drug-likeness (QED) is 0.905. The van der Waals surface area contributed by atoms with Gasteiger partial charge in [0.1, 0.15) is 5.75 Å². The highest BCUT2D eigenvalue weighted by atomic mass is 16.5. The highest BCUT2D eigenvalue weighted by Crippen LogP contribution is 2.42. The number of aryl methyl sites for hydroxylation is 1. The van der Waals surface area contributed by atoms with Crippen molar-refractivity contribution in [1.82, 2.24) is 4.90 Å². The largest absolute Gasteiger partial charge is 0.481 e. The fourth-order valence-corrected chi connectivity index (χ4v) is 4.42. The van der Waals surface area contributed by atoms with Gasteiger partial charge in [-0.15, -0.1) is 0 Å². The molecule has 0 saturated heterocycles. The summed E-state index contributed by atoms with van der Waals surface area (Å²) in [6, 6.07) is 13.8. The van der Waals surface area contributed by atoms with Crippen LogP contribution in [0.2, 0.25) is 0 Å². The van der Waals surface area contributed by atoms with Crippen LogP contribution in [-0.4, -0.2) is 35.2 Å². The number of likely N-dealkylation sites (N-methyl/N-ethyl adjacent to an activating group) is 1. The second-order valence-corrected chi connectivity index (χ2v) is 7.78. The molecule has 1 amide bonds. The van der Waals surface area contributed by atoms with Crippen LogP contribution in [0.25, 0.3) is 0 Å². The summed E-state index contributed by atoms with van der Waals surface area (Å²) in [4.78, 5) is 26.6. The molecule has 0 saturated carbocycles. The van der Waals surface area contributed by atoms with Crippen LogP contribution in [0.5, 0.6) is 5.75 Å². The summed E-state index contributed by atoms with van der Waals surface area (Å²) < 4.78 is 5.99. The van der Waals surface area contributed by atoms with Gasteiger partial charge in [-0.05, 0) is 37.0 Å². The smallest absolute Gasteiger partial charge is 0.304 e. The second kappa shape index (κ2) is 6.41. The fraction of sp³-hybridized carbons (Fsp3) is 0.364. The zero-order valence-electron chi connectivity index (χ0n) is 15.6. The molecule has 1 unspecified atom stereocenters. The zero-order valence-corrected chi connectivity index (χ0v) is 15.6. The summed E-state index contributed by atoms with van der Waals surface area (Å²) in [5, 5.41) is 9.48. The van der Waals surface area contributed by atoms with E-state index in [0.717, 1.165) is 28.0 Å². The molecule has 0 bridgehead atoms. The lowest BCUT2D eigenvalue weighted by Crippen LogP contribution is -2.49. The highest BCUT2D eigenvalue weighted by Gasteiger charge is 2.48. The Morgan fingerprint density at radius 2 is 1.81 bits per heavy atom. The maximum absolute atomic E-state index is 13.5. The van der Waals surface area contributed by atoms with Crippen LogP contribution in [0, 0.1) is 12.3 Å². The molecule has 2 aromatic carbocycles. The summed E-state index contributed by atoms with van der Waals surface area (Å²) in [5.41, 5.74) is 3.42. The molecular formula is C22H23NO4. The van der Waals surface area contributed by atoms with Gasteiger partial charge in [0.15, 0.2) is 6.23 Å². The van der Waals surface area contributed by atoms with Crippen LogP contribution in [-0.2, 0) is 28.9 Å². The molecule has 2 aromatic rings. The number of hydrogen-bond acceptors (Lipinski definition) is 3. The van der Waals surface area contributed by atoms with Gasteiger partial charge in [-0.3, -0.25) is 9.59 Å². The number of nitrogens with zero attached hydrogens (tertiary/aromatic N) is 1. The van der Waals surface area contributed by atoms with Crippen molar-refractivity contribution in [3.05, 3.63) is 64.7 Å². The first-order valence-electron chi connectivity index (χ1n) is 9.20. The first kappa shape index (κ1) is 17.6. The number of amides is 1. The molecule has 1 heterocycles. The molecule has 4 rings (SSSR count). The topological polar surface area (TPSA) is 66.8 Å². The number of aliphatic carboxylic acids is 1. The SMILES string of the molecule is Cc1ccc2c(c1)CC(N(C)C(=O)C1(CC(=O)O)Cc3ccccc3C1)O2. The number of benzene rings is 2. The third-order valence-electron chi connectivity index (χ3n) is 5.75. The Labute approximate surface area is 158 Å². The number of rotatable bonds is 4. The summed E-state index contributed by atoms with van der Waals surface area (Å²) in [7, 11) is 1.72. The number of carboxylic acid groups (broad SMARTS) is 1. The van der Waals surface area contributed by atoms with E-state index in [0.29, 0.717) is 19.3 Å². The lowest BCUT2D eigenvalue weighted by Gasteiger charge is -2.34. The zero-order chi connectivity index (χ0) is 19.2. The minimum atomic E-state index is -0.948. The molecule has 0 aromatic heterocycles. The number of carbonyl (C=O) groups is 2. The molecular weight excluding hydrogens is 342 g/mol. The van der Waals surface area contributed by atoms with Crippen molar-refractivity contribution in [2.45, 2.75) is 38.8 Å². The van der Waals surface area contributed by atoms with Gasteiger partial charge in [0.2, 0.25) is 5.91 Å². The fourth-order valence-electron chi connectivity index (χ4n) is 4.42. The van der Waals surface area contributed by atoms with E-state index in [9.17, 15) is 14.7 Å². The monoisotopic (exact) mass is 365 g/mol. The Bertz CT molecular complexity index is 895. The Balaban J connectivity index is 1.59. The van der Waals surface area contributed by atoms with Crippen LogP contribution in [0.3, 0.4) is 0 Å². The summed E-state index contributed by atoms with van der Waals surface area (Å²) in [6.45, 7) is 2.03. The normalized spacial score (nSPS) is 19.1. The van der Waals surface area contributed by atoms with Crippen LogP contribution in [0.15, 0.2) is 42.5 Å². The van der Waals surface area contributed by atoms with Crippen molar-refractivity contribution in [2.24, 2.45) is 5.41 Å². The van der Waals surface area contributed by atoms with Gasteiger partial charge in [-0.2, -0.15) is 0 Å². The van der Waals surface area contributed by atoms with E-state index in [1.165, 1.54) is 0 Å². The molecule has 0 spiro atoms. The molecule has 140 valence electrons. The Kier molecular flexibility index (Phi) is 4.17. The van der Waals surface area contributed by atoms with Crippen LogP contribution in [0.4, 0.5) is 0 Å². The van der Waals surface area contributed by atoms with Gasteiger partial charge < -0.3 is 14.7 Å². The molecule has 1 aliphatic heterocycles. The Morgan fingerprint density at radius 1 is 1.15 bits per heavy atom. The molecule has 0 fully saturated rings. The van der Waals surface area contributed by atoms with E-state index >= 15 is 0 Å². The maximum Gasteiger partial charge on any atom is 0.304 e. The average Bonchev–Trinajstić information content (AvgIpc) is 3.20. The van der Waals surface area contributed by atoms with Crippen LogP contribution < -0.4 is 4.74 Å². The number of carbonyl (C=O) groups excluding carboxylic acids is 1. The summed E-state index contributed by atoms with van der Waals surface area (Å²) >= 11 is 0. The first-order chi connectivity index (χ1) is 12.9. The van der Waals surface area contributed by atoms with Gasteiger partial charge in [0, 0.05) is 19.0 Å². The maximum atomic E-state index is 13.5. The van der Waals surface area contributed by atoms with Gasteiger partial charge in [0.05, 0.1) is 11.8 Å². The van der Waals surface area contributed by atoms with E-state index < -0.39 is 17.6 Å². The van der Waals surface area contributed by atoms with E-state index in [2.05, 4.69) is 6.07 Å². The van der Waals surface area contributed by atoms with Crippen LogP contribution >= 0.6 is 0 Å². The molecule has 1 aliphatic carbocycles. The first-order valence-corrected chi connectivity index (χ1v) is 9.20. The van der Waals surface area contributed by atoms with E-state index in [1.54, 1.807) is 11.9 Å². The Hall–Kier alpha value is -2.82. The molecule has 1 atom stereocenters. The van der Waals surface area contributed by atoms with Crippen molar-refractivity contribution in [3.8, 4) is 5.75 Å². The van der Waals surface area contributed by atoms with Crippen molar-refractivity contribution in [2.75, 3.05) is 7.05 Å². The van der Waals surface area contributed by atoms with Gasteiger partial charge in [-0.1, -0.05) is 42.0 Å². The highest BCUT2D eigenvalue weighted by molar-refractivity contribution is 5.88. The molecule has 5 heteroatoms. The van der Waals surface area contributed by atoms with E-state index in [4.69, 9.17) is 4.74 Å². The van der Waals surface area contributed by atoms with Gasteiger partial charge in [-0.25, -0.2) is 0 Å². The molecule has 2 aliphatic rings. The lowest BCUT2D eigenvalue weighted by molar-refractivity contribution is -0.154. The van der Waals surface area contributed by atoms with Crippen molar-refractivity contribution in [1.29, 1.82) is 0 Å². The van der Waals surface area contributed by atoms with E-state index in [1.807, 2.05) is 43.3 Å². The predicted molar refractivity (Wildman–Crippen MR) is 101 cm³/mol. The second-order valence-electron chi connectivity index (χ2n) is 7.78. The Morgan fingerprint density at radius 3 is 2.44 bits per heavy atom. The minimum Gasteiger partial charge on any atom is -0.481 e. The molecule has 0 radical (unpaired) electrons.